The SMILES string of the molecule is CC(C)(C)S(=O)NC1(c2nc(Cl)ccc2CO)COC1. The zero-order chi connectivity index (χ0) is 15.0. The third kappa shape index (κ3) is 3.04. The third-order valence-electron chi connectivity index (χ3n) is 3.11. The summed E-state index contributed by atoms with van der Waals surface area (Å²) < 4.78 is 20.3. The molecule has 20 heavy (non-hydrogen) atoms. The molecule has 5 nitrogen and oxygen atoms in total. The van der Waals surface area contributed by atoms with E-state index in [1.54, 1.807) is 12.1 Å². The van der Waals surface area contributed by atoms with Gasteiger partial charge in [0.2, 0.25) is 0 Å². The second-order valence-corrected chi connectivity index (χ2v) is 8.21. The van der Waals surface area contributed by atoms with Crippen LogP contribution in [0.5, 0.6) is 0 Å². The highest BCUT2D eigenvalue weighted by Crippen LogP contribution is 2.33. The fraction of sp³-hybridized carbons (Fsp3) is 0.615. The Balaban J connectivity index is 2.37. The van der Waals surface area contributed by atoms with Gasteiger partial charge in [0.25, 0.3) is 0 Å². The molecule has 0 aromatic carbocycles. The molecule has 0 radical (unpaired) electrons. The van der Waals surface area contributed by atoms with Crippen LogP contribution in [0.25, 0.3) is 0 Å². The van der Waals surface area contributed by atoms with Crippen molar-refractivity contribution in [2.24, 2.45) is 0 Å². The fourth-order valence-corrected chi connectivity index (χ4v) is 2.91. The van der Waals surface area contributed by atoms with Crippen LogP contribution in [0, 0.1) is 0 Å². The van der Waals surface area contributed by atoms with Gasteiger partial charge in [-0.1, -0.05) is 17.7 Å². The number of nitrogens with one attached hydrogen (secondary N) is 1. The van der Waals surface area contributed by atoms with Crippen LogP contribution < -0.4 is 4.72 Å². The van der Waals surface area contributed by atoms with Crippen LogP contribution in [-0.4, -0.2) is 32.3 Å². The Hall–Kier alpha value is -0.530. The normalized spacial score (nSPS) is 19.4. The lowest BCUT2D eigenvalue weighted by Gasteiger charge is -2.43. The van der Waals surface area contributed by atoms with Crippen molar-refractivity contribution in [2.75, 3.05) is 13.2 Å². The number of nitrogens with zero attached hydrogens (tertiary/aromatic N) is 1. The van der Waals surface area contributed by atoms with Crippen molar-refractivity contribution >= 4 is 22.6 Å². The van der Waals surface area contributed by atoms with Crippen LogP contribution in [-0.2, 0) is 27.9 Å². The molecule has 1 aromatic rings. The molecule has 1 aliphatic rings. The summed E-state index contributed by atoms with van der Waals surface area (Å²) in [7, 11) is -1.27. The molecule has 0 spiro atoms. The quantitative estimate of drug-likeness (QED) is 0.825. The van der Waals surface area contributed by atoms with E-state index in [0.29, 0.717) is 29.6 Å². The molecule has 0 bridgehead atoms. The Morgan fingerprint density at radius 2 is 2.15 bits per heavy atom. The van der Waals surface area contributed by atoms with Crippen molar-refractivity contribution in [3.05, 3.63) is 28.5 Å². The first-order chi connectivity index (χ1) is 9.28. The van der Waals surface area contributed by atoms with Gasteiger partial charge in [-0.2, -0.15) is 0 Å². The number of rotatable bonds is 4. The van der Waals surface area contributed by atoms with Gasteiger partial charge in [0.15, 0.2) is 0 Å². The highest BCUT2D eigenvalue weighted by atomic mass is 35.5. The highest BCUT2D eigenvalue weighted by Gasteiger charge is 2.46. The molecule has 0 amide bonds. The maximum atomic E-state index is 12.4. The Kier molecular flexibility index (Phi) is 4.51. The number of ether oxygens (including phenoxy) is 1. The van der Waals surface area contributed by atoms with Crippen molar-refractivity contribution < 1.29 is 14.1 Å². The summed E-state index contributed by atoms with van der Waals surface area (Å²) in [6.07, 6.45) is 0. The summed E-state index contributed by atoms with van der Waals surface area (Å²) in [6.45, 7) is 6.24. The van der Waals surface area contributed by atoms with E-state index in [-0.39, 0.29) is 6.61 Å². The van der Waals surface area contributed by atoms with Gasteiger partial charge in [-0.3, -0.25) is 0 Å². The van der Waals surface area contributed by atoms with Gasteiger partial charge in [-0.05, 0) is 26.8 Å². The molecule has 112 valence electrons. The number of aliphatic hydroxyl groups is 1. The summed E-state index contributed by atoms with van der Waals surface area (Å²) >= 11 is 5.95. The van der Waals surface area contributed by atoms with Crippen LogP contribution in [0.3, 0.4) is 0 Å². The van der Waals surface area contributed by atoms with Crippen LogP contribution in [0.15, 0.2) is 12.1 Å². The number of pyridine rings is 1. The first-order valence-electron chi connectivity index (χ1n) is 6.33. The first-order valence-corrected chi connectivity index (χ1v) is 7.85. The number of aliphatic hydroxyl groups excluding tert-OH is 1. The second-order valence-electron chi connectivity index (χ2n) is 5.86. The van der Waals surface area contributed by atoms with Gasteiger partial charge in [0.05, 0.1) is 41.2 Å². The van der Waals surface area contributed by atoms with E-state index in [0.717, 1.165) is 0 Å². The van der Waals surface area contributed by atoms with Gasteiger partial charge in [-0.25, -0.2) is 13.9 Å². The van der Waals surface area contributed by atoms with Gasteiger partial charge in [-0.15, -0.1) is 0 Å². The predicted octanol–water partition coefficient (Wildman–Crippen LogP) is 1.50. The summed E-state index contributed by atoms with van der Waals surface area (Å²) in [5.41, 5.74) is 0.619. The lowest BCUT2D eigenvalue weighted by molar-refractivity contribution is -0.0689. The predicted molar refractivity (Wildman–Crippen MR) is 78.7 cm³/mol. The van der Waals surface area contributed by atoms with E-state index in [2.05, 4.69) is 9.71 Å². The molecule has 1 saturated heterocycles. The van der Waals surface area contributed by atoms with Crippen LogP contribution in [0.1, 0.15) is 32.0 Å². The molecule has 1 unspecified atom stereocenters. The first kappa shape index (κ1) is 15.9. The van der Waals surface area contributed by atoms with Crippen LogP contribution >= 0.6 is 11.6 Å². The molecule has 0 aliphatic carbocycles. The number of halogens is 1. The summed E-state index contributed by atoms with van der Waals surface area (Å²) in [6, 6.07) is 3.36. The molecule has 1 aliphatic heterocycles. The smallest absolute Gasteiger partial charge is 0.129 e. The molecular formula is C13H19ClN2O3S. The maximum Gasteiger partial charge on any atom is 0.129 e. The molecule has 1 fully saturated rings. The van der Waals surface area contributed by atoms with E-state index in [1.807, 2.05) is 20.8 Å². The minimum atomic E-state index is -1.27. The molecule has 7 heteroatoms. The van der Waals surface area contributed by atoms with Gasteiger partial charge in [0, 0.05) is 5.56 Å². The van der Waals surface area contributed by atoms with E-state index < -0.39 is 21.3 Å². The van der Waals surface area contributed by atoms with E-state index >= 15 is 0 Å². The molecule has 2 heterocycles. The molecule has 2 rings (SSSR count). The zero-order valence-corrected chi connectivity index (χ0v) is 13.3. The molecule has 1 atom stereocenters. The molecule has 2 N–H and O–H groups in total. The van der Waals surface area contributed by atoms with E-state index in [9.17, 15) is 9.32 Å². The van der Waals surface area contributed by atoms with E-state index in [4.69, 9.17) is 16.3 Å². The minimum Gasteiger partial charge on any atom is -0.392 e. The van der Waals surface area contributed by atoms with Gasteiger partial charge in [0.1, 0.15) is 10.7 Å². The Bertz CT molecular complexity index is 527. The average Bonchev–Trinajstić information content (AvgIpc) is 2.32. The van der Waals surface area contributed by atoms with Gasteiger partial charge >= 0.3 is 0 Å². The van der Waals surface area contributed by atoms with E-state index in [1.165, 1.54) is 0 Å². The second kappa shape index (κ2) is 5.69. The Morgan fingerprint density at radius 3 is 2.60 bits per heavy atom. The lowest BCUT2D eigenvalue weighted by atomic mass is 9.90. The fourth-order valence-electron chi connectivity index (χ4n) is 1.89. The summed E-state index contributed by atoms with van der Waals surface area (Å²) in [5, 5.41) is 9.80. The minimum absolute atomic E-state index is 0.148. The number of aromatic nitrogens is 1. The van der Waals surface area contributed by atoms with Gasteiger partial charge < -0.3 is 9.84 Å². The Labute approximate surface area is 126 Å². The summed E-state index contributed by atoms with van der Waals surface area (Å²) in [4.78, 5) is 4.30. The summed E-state index contributed by atoms with van der Waals surface area (Å²) in [5.74, 6) is 0. The number of hydrogen-bond donors (Lipinski definition) is 2. The van der Waals surface area contributed by atoms with Crippen molar-refractivity contribution in [2.45, 2.75) is 37.7 Å². The molecule has 0 saturated carbocycles. The topological polar surface area (TPSA) is 71.5 Å². The van der Waals surface area contributed by atoms with Crippen molar-refractivity contribution in [3.63, 3.8) is 0 Å². The zero-order valence-electron chi connectivity index (χ0n) is 11.8. The highest BCUT2D eigenvalue weighted by molar-refractivity contribution is 7.84. The largest absolute Gasteiger partial charge is 0.392 e. The monoisotopic (exact) mass is 318 g/mol. The van der Waals surface area contributed by atoms with Crippen LogP contribution in [0.4, 0.5) is 0 Å². The third-order valence-corrected chi connectivity index (χ3v) is 5.01. The standard InChI is InChI=1S/C13H19ClN2O3S/c1-12(2,3)20(18)16-13(7-19-8-13)11-9(6-17)4-5-10(14)15-11/h4-5,16-17H,6-8H2,1-3H3. The average molecular weight is 319 g/mol. The molecular weight excluding hydrogens is 300 g/mol. The van der Waals surface area contributed by atoms with Crippen molar-refractivity contribution in [1.82, 2.24) is 9.71 Å². The Morgan fingerprint density at radius 1 is 1.50 bits per heavy atom. The van der Waals surface area contributed by atoms with Crippen molar-refractivity contribution in [1.29, 1.82) is 0 Å². The maximum absolute atomic E-state index is 12.4. The van der Waals surface area contributed by atoms with Crippen LogP contribution in [0.2, 0.25) is 5.15 Å². The van der Waals surface area contributed by atoms with Crippen molar-refractivity contribution in [3.8, 4) is 0 Å². The molecule has 1 aromatic heterocycles. The number of hydrogen-bond acceptors (Lipinski definition) is 4. The lowest BCUT2D eigenvalue weighted by Crippen LogP contribution is -2.60.